The molecule has 0 radical (unpaired) electrons. The number of carbonyl (C=O) groups is 2. The van der Waals surface area contributed by atoms with Gasteiger partial charge in [0.15, 0.2) is 5.92 Å². The summed E-state index contributed by atoms with van der Waals surface area (Å²) in [5.41, 5.74) is 8.66. The largest absolute Gasteiger partial charge is 2.00 e. The molecule has 5 spiro atoms. The van der Waals surface area contributed by atoms with Crippen molar-refractivity contribution >= 4 is 35.0 Å². The Bertz CT molecular complexity index is 4500. The number of benzene rings is 1. The molecular weight excluding hydrogens is 1690 g/mol. The van der Waals surface area contributed by atoms with Crippen molar-refractivity contribution < 1.29 is 99.6 Å². The van der Waals surface area contributed by atoms with Gasteiger partial charge in [-0.15, -0.1) is 19.2 Å². The van der Waals surface area contributed by atoms with Gasteiger partial charge in [0.2, 0.25) is 0 Å². The van der Waals surface area contributed by atoms with Crippen LogP contribution in [-0.4, -0.2) is 154 Å². The van der Waals surface area contributed by atoms with Gasteiger partial charge in [-0.2, -0.15) is 16.6 Å². The van der Waals surface area contributed by atoms with Crippen LogP contribution >= 0.6 is 0 Å². The first-order chi connectivity index (χ1) is 58.8. The summed E-state index contributed by atoms with van der Waals surface area (Å²) in [4.78, 5) is 48.3. The number of carbonyl (C=O) groups excluding carboxylic acids is 2. The number of hydrogen-bond acceptors (Lipinski definition) is 19. The molecule has 666 valence electrons. The van der Waals surface area contributed by atoms with Crippen LogP contribution in [0.5, 0.6) is 5.75 Å². The molecule has 0 amide bonds. The molecule has 5 aliphatic carbocycles. The zero-order valence-electron chi connectivity index (χ0n) is 71.3. The predicted molar refractivity (Wildman–Crippen MR) is 444 cm³/mol. The summed E-state index contributed by atoms with van der Waals surface area (Å²) >= 11 is 0. The van der Waals surface area contributed by atoms with Gasteiger partial charge in [-0.1, -0.05) is 100 Å². The smallest absolute Gasteiger partial charge is 1.00 e. The van der Waals surface area contributed by atoms with E-state index in [-0.39, 0.29) is 132 Å². The maximum atomic E-state index is 13.5. The average Bonchev–Trinajstić information content (AvgIpc) is 1.23. The quantitative estimate of drug-likeness (QED) is 0.0202. The van der Waals surface area contributed by atoms with Crippen LogP contribution in [0, 0.1) is 70.4 Å². The minimum absolute atomic E-state index is 0. The summed E-state index contributed by atoms with van der Waals surface area (Å²) in [6.45, 7) is 15.8. The Balaban J connectivity index is 0.000000174. The zero-order valence-corrected chi connectivity index (χ0v) is 74.3. The summed E-state index contributed by atoms with van der Waals surface area (Å²) in [5, 5.41) is 22.3. The summed E-state index contributed by atoms with van der Waals surface area (Å²) in [6.07, 6.45) is 35.5. The summed E-state index contributed by atoms with van der Waals surface area (Å²) in [5.74, 6) is -3.92. The number of nitrogens with zero attached hydrogens (tertiary/aromatic N) is 8. The molecule has 30 heteroatoms. The predicted octanol–water partition coefficient (Wildman–Crippen LogP) is 15.9. The van der Waals surface area contributed by atoms with E-state index in [2.05, 4.69) is 58.2 Å². The number of rotatable bonds is 18. The fourth-order valence-corrected chi connectivity index (χ4v) is 20.8. The van der Waals surface area contributed by atoms with Gasteiger partial charge in [-0.25, -0.2) is 26.8 Å². The number of para-hydroxylation sites is 1. The van der Waals surface area contributed by atoms with Crippen LogP contribution in [0.4, 0.5) is 35.1 Å². The van der Waals surface area contributed by atoms with E-state index in [4.69, 9.17) is 45.5 Å². The Kier molecular flexibility index (Phi) is 37.4. The van der Waals surface area contributed by atoms with Crippen LogP contribution < -0.4 is 32.8 Å². The van der Waals surface area contributed by atoms with Crippen molar-refractivity contribution in [3.63, 3.8) is 0 Å². The molecule has 10 heterocycles. The van der Waals surface area contributed by atoms with Crippen LogP contribution in [0.25, 0.3) is 4.85 Å². The van der Waals surface area contributed by atoms with Crippen LogP contribution in [0.1, 0.15) is 254 Å². The Labute approximate surface area is 750 Å². The van der Waals surface area contributed by atoms with Gasteiger partial charge in [0.05, 0.1) is 84.7 Å². The Morgan fingerprint density at radius 2 is 0.984 bits per heavy atom. The van der Waals surface area contributed by atoms with Crippen LogP contribution in [-0.2, 0) is 71.0 Å². The van der Waals surface area contributed by atoms with Crippen molar-refractivity contribution in [3.8, 4) is 17.9 Å². The van der Waals surface area contributed by atoms with E-state index >= 15 is 0 Å². The number of ether oxygens (including phenoxy) is 8. The molecule has 10 fully saturated rings. The van der Waals surface area contributed by atoms with Crippen molar-refractivity contribution in [2.75, 3.05) is 59.3 Å². The van der Waals surface area contributed by atoms with Gasteiger partial charge in [0, 0.05) is 102 Å². The van der Waals surface area contributed by atoms with Gasteiger partial charge < -0.3 is 70.9 Å². The minimum atomic E-state index is -4.73. The molecule has 1 aromatic carbocycles. The second kappa shape index (κ2) is 46.4. The first-order valence-electron chi connectivity index (χ1n) is 43.4. The fraction of sp³-hybridized carbons (Fsp3) is 0.596. The maximum Gasteiger partial charge on any atom is 2.00 e. The van der Waals surface area contributed by atoms with Crippen LogP contribution in [0.2, 0.25) is 0 Å². The molecule has 16 rings (SSSR count). The number of alkyl halides is 3. The third kappa shape index (κ3) is 26.1. The average molecular weight is 1800 g/mol. The maximum absolute atomic E-state index is 13.5. The number of nitriles is 2. The summed E-state index contributed by atoms with van der Waals surface area (Å²) in [6, 6.07) is 26.0. The molecule has 0 bridgehead atoms. The molecule has 6 aromatic rings. The monoisotopic (exact) mass is 1800 g/mol. The first-order valence-corrected chi connectivity index (χ1v) is 43.4. The third-order valence-electron chi connectivity index (χ3n) is 26.5. The minimum Gasteiger partial charge on any atom is -1.00 e. The van der Waals surface area contributed by atoms with Crippen molar-refractivity contribution in [2.24, 2.45) is 11.7 Å². The second-order valence-corrected chi connectivity index (χ2v) is 34.4. The number of nitrogens with two attached hydrogens (primary N) is 1. The molecule has 10 aliphatic rings. The number of aromatic nitrogens is 5. The molecule has 124 heavy (non-hydrogen) atoms. The molecular formula is C94H115BrF8MgN10O10. The molecule has 5 saturated heterocycles. The van der Waals surface area contributed by atoms with Gasteiger partial charge in [-0.05, 0) is 223 Å². The molecule has 5 aromatic heterocycles. The van der Waals surface area contributed by atoms with E-state index in [0.29, 0.717) is 83.1 Å². The van der Waals surface area contributed by atoms with Crippen molar-refractivity contribution in [3.05, 3.63) is 202 Å². The molecule has 5 saturated carbocycles. The van der Waals surface area contributed by atoms with E-state index in [1.54, 1.807) is 44.2 Å². The third-order valence-corrected chi connectivity index (χ3v) is 26.5. The fourth-order valence-electron chi connectivity index (χ4n) is 20.8. The second-order valence-electron chi connectivity index (χ2n) is 34.4. The molecule has 3 N–H and O–H groups in total. The van der Waals surface area contributed by atoms with Crippen molar-refractivity contribution in [1.82, 2.24) is 30.2 Å². The van der Waals surface area contributed by atoms with E-state index in [0.717, 1.165) is 189 Å². The Morgan fingerprint density at radius 1 is 0.556 bits per heavy atom. The normalized spacial score (nSPS) is 24.5. The Hall–Kier alpha value is -7.67. The van der Waals surface area contributed by atoms with Crippen LogP contribution in [0.3, 0.4) is 0 Å². The van der Waals surface area contributed by atoms with Gasteiger partial charge in [0.25, 0.3) is 5.70 Å². The summed E-state index contributed by atoms with van der Waals surface area (Å²) in [7, 11) is 0. The SMILES string of the molecule is CCOC(=O)C(C#N)C1(c2ccc(F)cn2)CCOC2(CCCC2)C1.Fc1cc[c-]nc1.Fc1ccc(C2(CCNCc3ccccc3OC(F)(F)F)CCOC3(CCCC3)C2)nc1.N#CCC1(c2ccc(F)cn2)CCOC2(CCCC2)C1.NCCC1(c2ccc(F)cn2)CCOC2(CCCC2)C1.[Br-].[C-]#[N+]/C(C(=O)OCC)=C1\CCOC2(CCCC2)C1.[Mg+2]. The number of nitrogens with one attached hydrogen (secondary N) is 1. The molecule has 5 unspecified atom stereocenters. The van der Waals surface area contributed by atoms with Gasteiger partial charge >= 0.3 is 41.4 Å². The number of halogens is 9. The van der Waals surface area contributed by atoms with E-state index < -0.39 is 35.5 Å². The standard InChI is InChI=1S/C24H28F4N2O2.C19H23FN2O3.C16H23FN2O.C16H19FN2O.C14H19NO3.C5H3FN.BrH.Mg/c25-19-7-8-21(30-16-19)22(12-14-31-23(17-22)9-3-4-10-23)11-13-29-15-18-5-1-2-6-20(18)32-24(26,27)28;1-2-24-17(23)15(11-21)19(16-6-5-14(20)12-22-16)9-10-25-18(13-19)7-3-4-8-18;2*17-13-3-4-14(19-11-13)15(7-9-18)8-10-20-16(12-15)5-1-2-6-16;1-3-17-13(16)12(15-2)11-6-9-18-14(10-11)7-4-5-8-14;6-5-2-1-3-7-4-5;;/h1-2,5-8,16,29H,3-4,9-15,17H2;5-6,12,15H,2-4,7-10,13H2,1H3;3-4,11H,1-2,5-10,12,18H2;3-4,11H,1-2,5-8,10,12H2;3-10H2,1H3;1-2,4H;1H;/q;;;;;-1;;+2/p-1/b;;;;12-11+;;;. The number of hydrogen-bond donors (Lipinski definition) is 2. The van der Waals surface area contributed by atoms with Gasteiger partial charge in [0.1, 0.15) is 29.0 Å². The van der Waals surface area contributed by atoms with Crippen molar-refractivity contribution in [1.29, 1.82) is 10.5 Å². The van der Waals surface area contributed by atoms with E-state index in [1.807, 2.05) is 6.07 Å². The van der Waals surface area contributed by atoms with Crippen LogP contribution in [0.15, 0.2) is 127 Å². The van der Waals surface area contributed by atoms with Crippen molar-refractivity contribution in [2.45, 2.75) is 288 Å². The molecule has 20 nitrogen and oxygen atoms in total. The number of esters is 2. The zero-order chi connectivity index (χ0) is 86.8. The Morgan fingerprint density at radius 3 is 1.40 bits per heavy atom. The number of pyridine rings is 5. The molecule has 5 aliphatic heterocycles. The van der Waals surface area contributed by atoms with Gasteiger partial charge in [-0.3, -0.25) is 29.5 Å². The van der Waals surface area contributed by atoms with E-state index in [1.165, 1.54) is 106 Å². The summed E-state index contributed by atoms with van der Waals surface area (Å²) < 4.78 is 148. The van der Waals surface area contributed by atoms with E-state index in [9.17, 15) is 55.2 Å². The first kappa shape index (κ1) is 100. The topological polar surface area (TPSA) is 262 Å². The molecule has 5 atom stereocenters.